The lowest BCUT2D eigenvalue weighted by Crippen LogP contribution is -2.11. The first kappa shape index (κ1) is 14.4. The van der Waals surface area contributed by atoms with E-state index in [0.717, 1.165) is 15.1 Å². The van der Waals surface area contributed by atoms with Crippen LogP contribution < -0.4 is 5.32 Å². The molecule has 0 heterocycles. The lowest BCUT2D eigenvalue weighted by atomic mass is 10.2. The lowest BCUT2D eigenvalue weighted by Gasteiger charge is -2.07. The maximum Gasteiger partial charge on any atom is 0.255 e. The Balaban J connectivity index is 2.18. The highest BCUT2D eigenvalue weighted by molar-refractivity contribution is 9.10. The van der Waals surface area contributed by atoms with Gasteiger partial charge in [0.25, 0.3) is 5.91 Å². The summed E-state index contributed by atoms with van der Waals surface area (Å²) in [4.78, 5) is 13.2. The van der Waals surface area contributed by atoms with E-state index in [1.54, 1.807) is 30.0 Å². The lowest BCUT2D eigenvalue weighted by molar-refractivity contribution is 0.102. The summed E-state index contributed by atoms with van der Waals surface area (Å²) in [6, 6.07) is 12.8. The molecule has 0 unspecified atom stereocenters. The van der Waals surface area contributed by atoms with Crippen molar-refractivity contribution in [3.8, 4) is 0 Å². The van der Waals surface area contributed by atoms with E-state index in [2.05, 4.69) is 21.2 Å². The number of anilines is 1. The Hall–Kier alpha value is -0.970. The number of carbonyl (C=O) groups is 1. The van der Waals surface area contributed by atoms with E-state index < -0.39 is 0 Å². The molecule has 0 spiro atoms. The van der Waals surface area contributed by atoms with Crippen molar-refractivity contribution in [1.82, 2.24) is 0 Å². The molecule has 98 valence electrons. The third kappa shape index (κ3) is 3.75. The number of hydrogen-bond donors (Lipinski definition) is 1. The van der Waals surface area contributed by atoms with Gasteiger partial charge in [0.15, 0.2) is 0 Å². The molecular formula is C14H11BrClNOS. The summed E-state index contributed by atoms with van der Waals surface area (Å²) in [5, 5.41) is 3.37. The maximum absolute atomic E-state index is 12.1. The molecule has 0 aliphatic rings. The van der Waals surface area contributed by atoms with E-state index in [9.17, 15) is 4.79 Å². The standard InChI is InChI=1S/C14H11BrClNOS/c1-19-11-4-2-3-10(8-11)17-14(18)9-5-6-12(15)13(16)7-9/h2-8H,1H3,(H,17,18). The van der Waals surface area contributed by atoms with Gasteiger partial charge in [0, 0.05) is 20.6 Å². The Morgan fingerprint density at radius 2 is 2.05 bits per heavy atom. The highest BCUT2D eigenvalue weighted by Gasteiger charge is 2.08. The summed E-state index contributed by atoms with van der Waals surface area (Å²) in [5.41, 5.74) is 1.30. The summed E-state index contributed by atoms with van der Waals surface area (Å²) in [6.07, 6.45) is 2.00. The summed E-state index contributed by atoms with van der Waals surface area (Å²) < 4.78 is 0.773. The third-order valence-electron chi connectivity index (χ3n) is 2.51. The SMILES string of the molecule is CSc1cccc(NC(=O)c2ccc(Br)c(Cl)c2)c1. The molecule has 1 amide bonds. The number of carbonyl (C=O) groups excluding carboxylic acids is 1. The van der Waals surface area contributed by atoms with Gasteiger partial charge < -0.3 is 5.32 Å². The maximum atomic E-state index is 12.1. The second-order valence-electron chi connectivity index (χ2n) is 3.81. The molecule has 0 aliphatic heterocycles. The second kappa shape index (κ2) is 6.46. The predicted molar refractivity (Wildman–Crippen MR) is 85.3 cm³/mol. The smallest absolute Gasteiger partial charge is 0.255 e. The molecule has 19 heavy (non-hydrogen) atoms. The second-order valence-corrected chi connectivity index (χ2v) is 5.96. The van der Waals surface area contributed by atoms with E-state index >= 15 is 0 Å². The monoisotopic (exact) mass is 355 g/mol. The van der Waals surface area contributed by atoms with Gasteiger partial charge in [0.1, 0.15) is 0 Å². The molecule has 2 nitrogen and oxygen atoms in total. The van der Waals surface area contributed by atoms with Crippen molar-refractivity contribution in [3.63, 3.8) is 0 Å². The average molecular weight is 357 g/mol. The number of amides is 1. The van der Waals surface area contributed by atoms with Crippen molar-refractivity contribution < 1.29 is 4.79 Å². The quantitative estimate of drug-likeness (QED) is 0.777. The van der Waals surface area contributed by atoms with Gasteiger partial charge in [-0.05, 0) is 58.6 Å². The molecule has 0 fully saturated rings. The normalized spacial score (nSPS) is 10.3. The Bertz CT molecular complexity index is 618. The van der Waals surface area contributed by atoms with Gasteiger partial charge in [0.2, 0.25) is 0 Å². The zero-order chi connectivity index (χ0) is 13.8. The first-order chi connectivity index (χ1) is 9.10. The van der Waals surface area contributed by atoms with Crippen molar-refractivity contribution in [3.05, 3.63) is 57.5 Å². The van der Waals surface area contributed by atoms with Gasteiger partial charge in [0.05, 0.1) is 5.02 Å². The third-order valence-corrected chi connectivity index (χ3v) is 4.47. The zero-order valence-electron chi connectivity index (χ0n) is 10.1. The van der Waals surface area contributed by atoms with E-state index in [4.69, 9.17) is 11.6 Å². The van der Waals surface area contributed by atoms with Crippen LogP contribution in [0.2, 0.25) is 5.02 Å². The minimum absolute atomic E-state index is 0.173. The number of rotatable bonds is 3. The molecule has 2 rings (SSSR count). The van der Waals surface area contributed by atoms with Crippen molar-refractivity contribution in [2.45, 2.75) is 4.90 Å². The van der Waals surface area contributed by atoms with Crippen LogP contribution in [0.25, 0.3) is 0 Å². The summed E-state index contributed by atoms with van der Waals surface area (Å²) >= 11 is 10.9. The van der Waals surface area contributed by atoms with Crippen molar-refractivity contribution in [2.75, 3.05) is 11.6 Å². The minimum atomic E-state index is -0.173. The Morgan fingerprint density at radius 1 is 1.26 bits per heavy atom. The fourth-order valence-electron chi connectivity index (χ4n) is 1.54. The fourth-order valence-corrected chi connectivity index (χ4v) is 2.43. The summed E-state index contributed by atoms with van der Waals surface area (Å²) in [6.45, 7) is 0. The molecule has 1 N–H and O–H groups in total. The van der Waals surface area contributed by atoms with Gasteiger partial charge in [-0.15, -0.1) is 11.8 Å². The molecule has 0 radical (unpaired) electrons. The molecule has 0 saturated carbocycles. The Morgan fingerprint density at radius 3 is 2.74 bits per heavy atom. The van der Waals surface area contributed by atoms with Crippen LogP contribution in [0.3, 0.4) is 0 Å². The zero-order valence-corrected chi connectivity index (χ0v) is 13.3. The Kier molecular flexibility index (Phi) is 4.91. The summed E-state index contributed by atoms with van der Waals surface area (Å²) in [7, 11) is 0. The summed E-state index contributed by atoms with van der Waals surface area (Å²) in [5.74, 6) is -0.173. The van der Waals surface area contributed by atoms with Crippen LogP contribution in [0.5, 0.6) is 0 Å². The average Bonchev–Trinajstić information content (AvgIpc) is 2.42. The van der Waals surface area contributed by atoms with Crippen LogP contribution in [0.1, 0.15) is 10.4 Å². The van der Waals surface area contributed by atoms with Gasteiger partial charge in [-0.3, -0.25) is 4.79 Å². The number of benzene rings is 2. The van der Waals surface area contributed by atoms with Crippen LogP contribution in [0.4, 0.5) is 5.69 Å². The van der Waals surface area contributed by atoms with Crippen LogP contribution in [-0.4, -0.2) is 12.2 Å². The molecule has 0 atom stereocenters. The van der Waals surface area contributed by atoms with Crippen LogP contribution in [0.15, 0.2) is 51.8 Å². The molecule has 0 bridgehead atoms. The molecule has 0 aromatic heterocycles. The highest BCUT2D eigenvalue weighted by Crippen LogP contribution is 2.24. The van der Waals surface area contributed by atoms with E-state index in [1.165, 1.54) is 0 Å². The van der Waals surface area contributed by atoms with Gasteiger partial charge >= 0.3 is 0 Å². The fraction of sp³-hybridized carbons (Fsp3) is 0.0714. The van der Waals surface area contributed by atoms with Crippen LogP contribution in [-0.2, 0) is 0 Å². The van der Waals surface area contributed by atoms with E-state index in [1.807, 2.05) is 30.5 Å². The van der Waals surface area contributed by atoms with E-state index in [-0.39, 0.29) is 5.91 Å². The number of thioether (sulfide) groups is 1. The van der Waals surface area contributed by atoms with Crippen molar-refractivity contribution in [2.24, 2.45) is 0 Å². The van der Waals surface area contributed by atoms with Gasteiger partial charge in [-0.2, -0.15) is 0 Å². The van der Waals surface area contributed by atoms with Gasteiger partial charge in [-0.1, -0.05) is 17.7 Å². The van der Waals surface area contributed by atoms with Crippen molar-refractivity contribution in [1.29, 1.82) is 0 Å². The molecule has 0 saturated heterocycles. The van der Waals surface area contributed by atoms with Crippen LogP contribution >= 0.6 is 39.3 Å². The van der Waals surface area contributed by atoms with Crippen LogP contribution in [0, 0.1) is 0 Å². The van der Waals surface area contributed by atoms with Crippen molar-refractivity contribution >= 4 is 50.9 Å². The number of hydrogen-bond acceptors (Lipinski definition) is 2. The molecule has 2 aromatic rings. The molecule has 5 heteroatoms. The largest absolute Gasteiger partial charge is 0.322 e. The first-order valence-corrected chi connectivity index (χ1v) is 7.90. The number of nitrogens with one attached hydrogen (secondary N) is 1. The topological polar surface area (TPSA) is 29.1 Å². The number of halogens is 2. The molecule has 0 aliphatic carbocycles. The van der Waals surface area contributed by atoms with Gasteiger partial charge in [-0.25, -0.2) is 0 Å². The predicted octanol–water partition coefficient (Wildman–Crippen LogP) is 5.08. The van der Waals surface area contributed by atoms with E-state index in [0.29, 0.717) is 10.6 Å². The first-order valence-electron chi connectivity index (χ1n) is 5.50. The minimum Gasteiger partial charge on any atom is -0.322 e. The Labute approximate surface area is 129 Å². The molecule has 2 aromatic carbocycles. The highest BCUT2D eigenvalue weighted by atomic mass is 79.9. The molecular weight excluding hydrogens is 346 g/mol.